The number of halogens is 4. The van der Waals surface area contributed by atoms with Gasteiger partial charge in [-0.3, -0.25) is 14.8 Å². The molecule has 1 N–H and O–H groups in total. The summed E-state index contributed by atoms with van der Waals surface area (Å²) in [6.07, 6.45) is -2.61. The smallest absolute Gasteiger partial charge is 0.310 e. The summed E-state index contributed by atoms with van der Waals surface area (Å²) in [4.78, 5) is 15.5. The van der Waals surface area contributed by atoms with Crippen molar-refractivity contribution in [3.8, 4) is 17.3 Å². The Morgan fingerprint density at radius 1 is 1.32 bits per heavy atom. The number of hydrogen-bond acceptors (Lipinski definition) is 4. The second kappa shape index (κ2) is 6.51. The molecule has 0 radical (unpaired) electrons. The first kappa shape index (κ1) is 18.3. The summed E-state index contributed by atoms with van der Waals surface area (Å²) >= 11 is 0. The van der Waals surface area contributed by atoms with E-state index < -0.39 is 30.0 Å². The quantitative estimate of drug-likeness (QED) is 0.629. The predicted octanol–water partition coefficient (Wildman–Crippen LogP) is 2.88. The number of nitrogens with zero attached hydrogens (tertiary/aromatic N) is 4. The van der Waals surface area contributed by atoms with Crippen molar-refractivity contribution >= 4 is 11.6 Å². The van der Waals surface area contributed by atoms with Gasteiger partial charge in [0.25, 0.3) is 5.91 Å². The van der Waals surface area contributed by atoms with Gasteiger partial charge in [0.15, 0.2) is 6.19 Å². The van der Waals surface area contributed by atoms with E-state index >= 15 is 0 Å². The Bertz CT molecular complexity index is 964. The highest BCUT2D eigenvalue weighted by Crippen LogP contribution is 2.41. The van der Waals surface area contributed by atoms with Crippen LogP contribution >= 0.6 is 0 Å². The highest BCUT2D eigenvalue weighted by molar-refractivity contribution is 6.00. The van der Waals surface area contributed by atoms with Crippen LogP contribution in [0.1, 0.15) is 17.7 Å². The van der Waals surface area contributed by atoms with Crippen LogP contribution < -0.4 is 4.90 Å². The third kappa shape index (κ3) is 2.87. The molecule has 28 heavy (non-hydrogen) atoms. The number of H-pyrrole nitrogens is 1. The van der Waals surface area contributed by atoms with Gasteiger partial charge in [0.05, 0.1) is 12.7 Å². The molecule has 2 atom stereocenters. The van der Waals surface area contributed by atoms with Gasteiger partial charge in [-0.25, -0.2) is 4.39 Å². The number of benzene rings is 1. The van der Waals surface area contributed by atoms with Gasteiger partial charge >= 0.3 is 6.18 Å². The van der Waals surface area contributed by atoms with Crippen LogP contribution in [0, 0.1) is 11.5 Å². The van der Waals surface area contributed by atoms with Crippen molar-refractivity contribution in [2.24, 2.45) is 0 Å². The Balaban J connectivity index is 1.70. The zero-order valence-electron chi connectivity index (χ0n) is 14.5. The maximum Gasteiger partial charge on any atom is 0.433 e. The number of alkyl halides is 4. The first-order valence-electron chi connectivity index (χ1n) is 8.66. The van der Waals surface area contributed by atoms with Gasteiger partial charge in [0.2, 0.25) is 0 Å². The van der Waals surface area contributed by atoms with E-state index in [1.165, 1.54) is 4.90 Å². The molecular weight excluding hydrogens is 378 g/mol. The van der Waals surface area contributed by atoms with Crippen molar-refractivity contribution in [2.45, 2.75) is 31.2 Å². The fraction of sp³-hybridized carbons (Fsp3) is 0.389. The highest BCUT2D eigenvalue weighted by Gasteiger charge is 2.42. The van der Waals surface area contributed by atoms with Crippen LogP contribution in [0.3, 0.4) is 0 Å². The van der Waals surface area contributed by atoms with Gasteiger partial charge < -0.3 is 4.90 Å². The molecule has 0 bridgehead atoms. The number of rotatable bonds is 2. The Labute approximate surface area is 157 Å². The van der Waals surface area contributed by atoms with E-state index in [2.05, 4.69) is 5.10 Å². The average Bonchev–Trinajstić information content (AvgIpc) is 3.37. The van der Waals surface area contributed by atoms with Crippen LogP contribution in [0.25, 0.3) is 11.1 Å². The summed E-state index contributed by atoms with van der Waals surface area (Å²) in [7, 11) is 0. The van der Waals surface area contributed by atoms with Crippen LogP contribution in [0.2, 0.25) is 0 Å². The second-order valence-corrected chi connectivity index (χ2v) is 6.80. The molecule has 1 aromatic heterocycles. The van der Waals surface area contributed by atoms with Crippen LogP contribution in [-0.2, 0) is 17.4 Å². The van der Waals surface area contributed by atoms with E-state index in [0.717, 1.165) is 11.1 Å². The summed E-state index contributed by atoms with van der Waals surface area (Å²) in [5, 5.41) is 14.7. The molecule has 1 amide bonds. The number of hydrogen-bond donors (Lipinski definition) is 1. The zero-order valence-corrected chi connectivity index (χ0v) is 14.5. The summed E-state index contributed by atoms with van der Waals surface area (Å²) in [6.45, 7) is 0.134. The van der Waals surface area contributed by atoms with Crippen LogP contribution in [0.5, 0.6) is 0 Å². The molecular formula is C18H15F4N5O. The molecule has 1 aromatic carbocycles. The largest absolute Gasteiger partial charge is 0.433 e. The average molecular weight is 393 g/mol. The van der Waals surface area contributed by atoms with E-state index in [1.807, 2.05) is 11.3 Å². The molecule has 0 aliphatic carbocycles. The van der Waals surface area contributed by atoms with E-state index in [4.69, 9.17) is 5.26 Å². The number of likely N-dealkylation sites (tertiary alicyclic amines) is 1. The van der Waals surface area contributed by atoms with Crippen molar-refractivity contribution in [1.29, 1.82) is 5.26 Å². The molecule has 3 heterocycles. The molecule has 2 aliphatic rings. The Morgan fingerprint density at radius 2 is 2.11 bits per heavy atom. The zero-order chi connectivity index (χ0) is 20.1. The van der Waals surface area contributed by atoms with Gasteiger partial charge in [-0.2, -0.15) is 23.5 Å². The maximum atomic E-state index is 13.7. The van der Waals surface area contributed by atoms with Crippen LogP contribution in [-0.4, -0.2) is 46.3 Å². The lowest BCUT2D eigenvalue weighted by atomic mass is 9.98. The topological polar surface area (TPSA) is 76.0 Å². The summed E-state index contributed by atoms with van der Waals surface area (Å²) in [5.74, 6) is -0.416. The summed E-state index contributed by atoms with van der Waals surface area (Å²) in [5.41, 5.74) is 0.401. The van der Waals surface area contributed by atoms with Crippen molar-refractivity contribution in [3.63, 3.8) is 0 Å². The number of carbonyl (C=O) groups excluding carboxylic acids is 1. The molecule has 1 fully saturated rings. The first-order chi connectivity index (χ1) is 13.3. The minimum absolute atomic E-state index is 0.0716. The lowest BCUT2D eigenvalue weighted by molar-refractivity contribution is -0.140. The molecule has 0 spiro atoms. The van der Waals surface area contributed by atoms with Gasteiger partial charge in [0.1, 0.15) is 17.9 Å². The number of aromatic nitrogens is 2. The fourth-order valence-electron chi connectivity index (χ4n) is 3.93. The van der Waals surface area contributed by atoms with Crippen molar-refractivity contribution in [1.82, 2.24) is 15.1 Å². The lowest BCUT2D eigenvalue weighted by Gasteiger charge is -2.24. The fourth-order valence-corrected chi connectivity index (χ4v) is 3.93. The SMILES string of the molecule is N#CN1CC(F)C[C@H]1C(=O)N1CCc2c(-c3cn[nH]c3C(F)(F)F)cccc21. The molecule has 0 saturated carbocycles. The molecule has 6 nitrogen and oxygen atoms in total. The molecule has 10 heteroatoms. The molecule has 2 aliphatic heterocycles. The number of fused-ring (bicyclic) bond motifs is 1. The third-order valence-corrected chi connectivity index (χ3v) is 5.17. The third-order valence-electron chi connectivity index (χ3n) is 5.17. The Hall–Kier alpha value is -3.09. The molecule has 1 saturated heterocycles. The normalized spacial score (nSPS) is 21.7. The van der Waals surface area contributed by atoms with E-state index in [-0.39, 0.29) is 25.1 Å². The number of nitriles is 1. The van der Waals surface area contributed by atoms with E-state index in [9.17, 15) is 22.4 Å². The van der Waals surface area contributed by atoms with Crippen molar-refractivity contribution in [3.05, 3.63) is 35.7 Å². The molecule has 146 valence electrons. The minimum Gasteiger partial charge on any atom is -0.310 e. The lowest BCUT2D eigenvalue weighted by Crippen LogP contribution is -2.43. The number of aromatic amines is 1. The number of nitrogens with one attached hydrogen (secondary N) is 1. The van der Waals surface area contributed by atoms with Crippen LogP contribution in [0.4, 0.5) is 23.2 Å². The highest BCUT2D eigenvalue weighted by atomic mass is 19.4. The Kier molecular flexibility index (Phi) is 4.25. The van der Waals surface area contributed by atoms with Gasteiger partial charge in [0, 0.05) is 24.2 Å². The molecule has 1 unspecified atom stereocenters. The van der Waals surface area contributed by atoms with Crippen molar-refractivity contribution < 1.29 is 22.4 Å². The van der Waals surface area contributed by atoms with Gasteiger partial charge in [-0.1, -0.05) is 12.1 Å². The number of carbonyl (C=O) groups is 1. The summed E-state index contributed by atoms with van der Waals surface area (Å²) < 4.78 is 53.4. The van der Waals surface area contributed by atoms with Crippen molar-refractivity contribution in [2.75, 3.05) is 18.0 Å². The number of amides is 1. The summed E-state index contributed by atoms with van der Waals surface area (Å²) in [6, 6.07) is 3.88. The molecule has 2 aromatic rings. The standard InChI is InChI=1S/C18H15F4N5O/c19-10-6-15(26(8-10)9-23)17(28)27-5-4-12-11(2-1-3-14(12)27)13-7-24-25-16(13)18(20,21)22/h1-3,7,10,15H,4-6,8H2,(H,24,25)/t10?,15-/m0/s1. The van der Waals surface area contributed by atoms with E-state index in [1.54, 1.807) is 18.2 Å². The predicted molar refractivity (Wildman–Crippen MR) is 90.7 cm³/mol. The second-order valence-electron chi connectivity index (χ2n) is 6.80. The van der Waals surface area contributed by atoms with Gasteiger partial charge in [-0.05, 0) is 23.6 Å². The van der Waals surface area contributed by atoms with Gasteiger partial charge in [-0.15, -0.1) is 0 Å². The van der Waals surface area contributed by atoms with E-state index in [0.29, 0.717) is 23.2 Å². The monoisotopic (exact) mass is 393 g/mol. The first-order valence-corrected chi connectivity index (χ1v) is 8.66. The Morgan fingerprint density at radius 3 is 2.82 bits per heavy atom. The maximum absolute atomic E-state index is 13.7. The van der Waals surface area contributed by atoms with Crippen LogP contribution in [0.15, 0.2) is 24.4 Å². The minimum atomic E-state index is -4.59. The number of anilines is 1. The molecule has 4 rings (SSSR count).